The van der Waals surface area contributed by atoms with Crippen molar-refractivity contribution in [2.75, 3.05) is 27.4 Å². The van der Waals surface area contributed by atoms with Gasteiger partial charge >= 0.3 is 11.9 Å². The molecule has 0 unspecified atom stereocenters. The number of methoxy groups -OCH3 is 2. The molecule has 0 aliphatic carbocycles. The van der Waals surface area contributed by atoms with E-state index in [9.17, 15) is 9.59 Å². The Hall–Kier alpha value is -3.02. The Bertz CT molecular complexity index is 692. The van der Waals surface area contributed by atoms with Crippen LogP contribution in [0, 0.1) is 0 Å². The van der Waals surface area contributed by atoms with E-state index in [4.69, 9.17) is 18.9 Å². The maximum Gasteiger partial charge on any atom is 0.310 e. The molecule has 0 atom stereocenters. The summed E-state index contributed by atoms with van der Waals surface area (Å²) in [5, 5.41) is 0. The second-order valence-electron chi connectivity index (χ2n) is 5.77. The van der Waals surface area contributed by atoms with Crippen LogP contribution in [0.5, 0.6) is 11.5 Å². The Morgan fingerprint density at radius 3 is 1.52 bits per heavy atom. The second-order valence-corrected chi connectivity index (χ2v) is 5.77. The van der Waals surface area contributed by atoms with Crippen LogP contribution < -0.4 is 9.47 Å². The van der Waals surface area contributed by atoms with Gasteiger partial charge in [-0.2, -0.15) is 0 Å². The van der Waals surface area contributed by atoms with Gasteiger partial charge in [-0.05, 0) is 12.1 Å². The predicted molar refractivity (Wildman–Crippen MR) is 99.9 cm³/mol. The Balaban J connectivity index is 1.65. The lowest BCUT2D eigenvalue weighted by atomic mass is 10.1. The molecule has 0 N–H and O–H groups in total. The first kappa shape index (κ1) is 20.3. The standard InChI is InChI=1S/C21H24O6/c1-24-18-10-5-3-8-16(18)14-20(22)26-12-7-13-27-21(23)15-17-9-4-6-11-19(17)25-2/h3-6,8-11H,7,12-15H2,1-2H3. The van der Waals surface area contributed by atoms with E-state index in [0.29, 0.717) is 17.9 Å². The molecule has 0 aliphatic rings. The van der Waals surface area contributed by atoms with Crippen LogP contribution in [0.4, 0.5) is 0 Å². The zero-order valence-electron chi connectivity index (χ0n) is 15.6. The normalized spacial score (nSPS) is 10.1. The molecule has 0 amide bonds. The highest BCUT2D eigenvalue weighted by molar-refractivity contribution is 5.74. The fourth-order valence-electron chi connectivity index (χ4n) is 2.54. The molecule has 6 heteroatoms. The van der Waals surface area contributed by atoms with Crippen molar-refractivity contribution in [2.24, 2.45) is 0 Å². The highest BCUT2D eigenvalue weighted by atomic mass is 16.5. The third-order valence-corrected chi connectivity index (χ3v) is 3.87. The SMILES string of the molecule is COc1ccccc1CC(=O)OCCCOC(=O)Cc1ccccc1OC. The van der Waals surface area contributed by atoms with Gasteiger partial charge in [0.05, 0.1) is 40.3 Å². The van der Waals surface area contributed by atoms with Gasteiger partial charge < -0.3 is 18.9 Å². The van der Waals surface area contributed by atoms with E-state index in [1.807, 2.05) is 36.4 Å². The molecule has 2 rings (SSSR count). The molecular formula is C21H24O6. The predicted octanol–water partition coefficient (Wildman–Crippen LogP) is 2.97. The summed E-state index contributed by atoms with van der Waals surface area (Å²) in [4.78, 5) is 23.8. The Morgan fingerprint density at radius 1 is 0.704 bits per heavy atom. The molecule has 0 bridgehead atoms. The fourth-order valence-corrected chi connectivity index (χ4v) is 2.54. The third-order valence-electron chi connectivity index (χ3n) is 3.87. The first-order valence-electron chi connectivity index (χ1n) is 8.69. The summed E-state index contributed by atoms with van der Waals surface area (Å²) < 4.78 is 20.8. The monoisotopic (exact) mass is 372 g/mol. The molecule has 0 fully saturated rings. The van der Waals surface area contributed by atoms with Crippen molar-refractivity contribution >= 4 is 11.9 Å². The average Bonchev–Trinajstić information content (AvgIpc) is 2.68. The minimum absolute atomic E-state index is 0.137. The largest absolute Gasteiger partial charge is 0.496 e. The van der Waals surface area contributed by atoms with Gasteiger partial charge in [0.15, 0.2) is 0 Å². The van der Waals surface area contributed by atoms with E-state index in [1.165, 1.54) is 0 Å². The van der Waals surface area contributed by atoms with Crippen molar-refractivity contribution in [2.45, 2.75) is 19.3 Å². The molecule has 0 aliphatic heterocycles. The van der Waals surface area contributed by atoms with Crippen LogP contribution in [0.3, 0.4) is 0 Å². The first-order valence-corrected chi connectivity index (χ1v) is 8.69. The van der Waals surface area contributed by atoms with Crippen LogP contribution in [0.2, 0.25) is 0 Å². The molecular weight excluding hydrogens is 348 g/mol. The number of esters is 2. The Labute approximate surface area is 159 Å². The van der Waals surface area contributed by atoms with Crippen LogP contribution in [-0.4, -0.2) is 39.4 Å². The lowest BCUT2D eigenvalue weighted by Crippen LogP contribution is -2.14. The third kappa shape index (κ3) is 6.66. The average molecular weight is 372 g/mol. The molecule has 27 heavy (non-hydrogen) atoms. The highest BCUT2D eigenvalue weighted by Crippen LogP contribution is 2.19. The maximum atomic E-state index is 11.9. The van der Waals surface area contributed by atoms with Crippen LogP contribution in [0.25, 0.3) is 0 Å². The second kappa shape index (κ2) is 10.9. The van der Waals surface area contributed by atoms with Crippen LogP contribution in [0.15, 0.2) is 48.5 Å². The van der Waals surface area contributed by atoms with Crippen molar-refractivity contribution in [3.63, 3.8) is 0 Å². The number of hydrogen-bond acceptors (Lipinski definition) is 6. The topological polar surface area (TPSA) is 71.1 Å². The Kier molecular flexibility index (Phi) is 8.16. The van der Waals surface area contributed by atoms with Gasteiger partial charge in [0, 0.05) is 17.5 Å². The Morgan fingerprint density at radius 2 is 1.11 bits per heavy atom. The number of hydrogen-bond donors (Lipinski definition) is 0. The van der Waals surface area contributed by atoms with Crippen molar-refractivity contribution in [1.82, 2.24) is 0 Å². The van der Waals surface area contributed by atoms with Crippen molar-refractivity contribution in [3.05, 3.63) is 59.7 Å². The molecule has 0 aromatic heterocycles. The van der Waals surface area contributed by atoms with Gasteiger partial charge in [-0.1, -0.05) is 36.4 Å². The lowest BCUT2D eigenvalue weighted by molar-refractivity contribution is -0.145. The van der Waals surface area contributed by atoms with Crippen molar-refractivity contribution < 1.29 is 28.5 Å². The molecule has 6 nitrogen and oxygen atoms in total. The van der Waals surface area contributed by atoms with Crippen molar-refractivity contribution in [1.29, 1.82) is 0 Å². The molecule has 0 spiro atoms. The molecule has 144 valence electrons. The van der Waals surface area contributed by atoms with Gasteiger partial charge in [-0.25, -0.2) is 0 Å². The zero-order valence-corrected chi connectivity index (χ0v) is 15.6. The minimum Gasteiger partial charge on any atom is -0.496 e. The van der Waals surface area contributed by atoms with Gasteiger partial charge in [0.1, 0.15) is 11.5 Å². The summed E-state index contributed by atoms with van der Waals surface area (Å²) in [6.07, 6.45) is 0.713. The summed E-state index contributed by atoms with van der Waals surface area (Å²) in [7, 11) is 3.12. The van der Waals surface area contributed by atoms with Crippen molar-refractivity contribution in [3.8, 4) is 11.5 Å². The first-order chi connectivity index (χ1) is 13.1. The number of carbonyl (C=O) groups excluding carboxylic acids is 2. The van der Waals surface area contributed by atoms with E-state index in [1.54, 1.807) is 26.4 Å². The summed E-state index contributed by atoms with van der Waals surface area (Å²) in [6, 6.07) is 14.6. The number of benzene rings is 2. The van der Waals surface area contributed by atoms with E-state index in [2.05, 4.69) is 0 Å². The minimum atomic E-state index is -0.347. The molecule has 0 heterocycles. The smallest absolute Gasteiger partial charge is 0.310 e. The van der Waals surface area contributed by atoms with Crippen LogP contribution >= 0.6 is 0 Å². The van der Waals surface area contributed by atoms with E-state index < -0.39 is 0 Å². The zero-order chi connectivity index (χ0) is 19.5. The summed E-state index contributed by atoms with van der Waals surface area (Å²) in [5.41, 5.74) is 1.54. The summed E-state index contributed by atoms with van der Waals surface area (Å²) >= 11 is 0. The summed E-state index contributed by atoms with van der Waals surface area (Å²) in [6.45, 7) is 0.381. The van der Waals surface area contributed by atoms with Gasteiger partial charge in [0.2, 0.25) is 0 Å². The number of rotatable bonds is 10. The highest BCUT2D eigenvalue weighted by Gasteiger charge is 2.11. The molecule has 0 saturated carbocycles. The number of carbonyl (C=O) groups is 2. The van der Waals surface area contributed by atoms with Gasteiger partial charge in [-0.3, -0.25) is 9.59 Å². The fraction of sp³-hybridized carbons (Fsp3) is 0.333. The van der Waals surface area contributed by atoms with Crippen LogP contribution in [-0.2, 0) is 31.9 Å². The number of para-hydroxylation sites is 2. The number of ether oxygens (including phenoxy) is 4. The van der Waals surface area contributed by atoms with E-state index in [-0.39, 0.29) is 38.0 Å². The maximum absolute atomic E-state index is 11.9. The lowest BCUT2D eigenvalue weighted by Gasteiger charge is -2.09. The van der Waals surface area contributed by atoms with E-state index >= 15 is 0 Å². The molecule has 0 radical (unpaired) electrons. The molecule has 2 aromatic rings. The van der Waals surface area contributed by atoms with Crippen LogP contribution in [0.1, 0.15) is 17.5 Å². The van der Waals surface area contributed by atoms with Gasteiger partial charge in [0.25, 0.3) is 0 Å². The van der Waals surface area contributed by atoms with Gasteiger partial charge in [-0.15, -0.1) is 0 Å². The summed E-state index contributed by atoms with van der Waals surface area (Å²) in [5.74, 6) is 0.610. The molecule has 0 saturated heterocycles. The van der Waals surface area contributed by atoms with E-state index in [0.717, 1.165) is 11.1 Å². The molecule has 2 aromatic carbocycles. The quantitative estimate of drug-likeness (QED) is 0.472.